The fraction of sp³-hybridized carbons (Fsp3) is 0.400. The lowest BCUT2D eigenvalue weighted by Crippen LogP contribution is -2.44. The van der Waals surface area contributed by atoms with Crippen molar-refractivity contribution in [1.82, 2.24) is 4.90 Å². The van der Waals surface area contributed by atoms with E-state index in [0.717, 1.165) is 17.0 Å². The highest BCUT2D eigenvalue weighted by Crippen LogP contribution is 2.36. The number of urea groups is 1. The second kappa shape index (κ2) is 9.03. The van der Waals surface area contributed by atoms with Crippen molar-refractivity contribution in [2.75, 3.05) is 4.90 Å². The van der Waals surface area contributed by atoms with Gasteiger partial charge in [0.1, 0.15) is 17.0 Å². The normalized spacial score (nSPS) is 15.9. The van der Waals surface area contributed by atoms with Gasteiger partial charge in [0.15, 0.2) is 5.60 Å². The molecule has 8 nitrogen and oxygen atoms in total. The molecule has 0 unspecified atom stereocenters. The number of hydrogen-bond acceptors (Lipinski definition) is 5. The minimum Gasteiger partial charge on any atom is -0.478 e. The molecule has 36 heavy (non-hydrogen) atoms. The van der Waals surface area contributed by atoms with E-state index in [1.165, 1.54) is 30.9 Å². The van der Waals surface area contributed by atoms with Gasteiger partial charge in [0.25, 0.3) is 5.91 Å². The molecule has 1 heterocycles. The molecule has 2 aromatic carbocycles. The van der Waals surface area contributed by atoms with Crippen LogP contribution in [0.5, 0.6) is 11.5 Å². The van der Waals surface area contributed by atoms with Crippen LogP contribution in [0.1, 0.15) is 44.4 Å². The third-order valence-electron chi connectivity index (χ3n) is 5.81. The van der Waals surface area contributed by atoms with Crippen LogP contribution in [0.25, 0.3) is 0 Å². The van der Waals surface area contributed by atoms with Gasteiger partial charge in [-0.3, -0.25) is 14.6 Å². The summed E-state index contributed by atoms with van der Waals surface area (Å²) < 4.78 is 47.0. The molecular weight excluding hydrogens is 481 g/mol. The fourth-order valence-corrected chi connectivity index (χ4v) is 4.02. The topological polar surface area (TPSA) is 96.4 Å². The Morgan fingerprint density at radius 2 is 1.53 bits per heavy atom. The van der Waals surface area contributed by atoms with Gasteiger partial charge in [-0.15, -0.1) is 13.2 Å². The zero-order chi connectivity index (χ0) is 27.2. The van der Waals surface area contributed by atoms with Crippen molar-refractivity contribution in [1.29, 1.82) is 0 Å². The van der Waals surface area contributed by atoms with Gasteiger partial charge in [-0.1, -0.05) is 12.1 Å². The first-order valence-electron chi connectivity index (χ1n) is 11.0. The molecule has 0 spiro atoms. The number of anilines is 1. The van der Waals surface area contributed by atoms with E-state index in [1.807, 2.05) is 0 Å². The molecule has 0 bridgehead atoms. The summed E-state index contributed by atoms with van der Waals surface area (Å²) >= 11 is 0. The zero-order valence-electron chi connectivity index (χ0n) is 20.7. The molecule has 3 amide bonds. The Morgan fingerprint density at radius 3 is 2.00 bits per heavy atom. The van der Waals surface area contributed by atoms with Gasteiger partial charge in [0.2, 0.25) is 0 Å². The number of imide groups is 1. The maximum atomic E-state index is 13.3. The summed E-state index contributed by atoms with van der Waals surface area (Å²) in [5, 5.41) is 9.35. The summed E-state index contributed by atoms with van der Waals surface area (Å²) in [6, 6.07) is 7.49. The Bertz CT molecular complexity index is 1180. The van der Waals surface area contributed by atoms with Crippen LogP contribution in [0, 0.1) is 13.8 Å². The monoisotopic (exact) mass is 508 g/mol. The van der Waals surface area contributed by atoms with Crippen molar-refractivity contribution >= 4 is 23.6 Å². The Balaban J connectivity index is 1.86. The number of hydrogen-bond donors (Lipinski definition) is 1. The number of amides is 3. The molecule has 0 aromatic heterocycles. The predicted octanol–water partition coefficient (Wildman–Crippen LogP) is 5.19. The Morgan fingerprint density at radius 1 is 1.00 bits per heavy atom. The van der Waals surface area contributed by atoms with Crippen LogP contribution in [-0.2, 0) is 16.1 Å². The van der Waals surface area contributed by atoms with Crippen LogP contribution in [0.3, 0.4) is 0 Å². The Hall–Kier alpha value is -3.76. The van der Waals surface area contributed by atoms with Gasteiger partial charge in [0, 0.05) is 5.69 Å². The molecule has 0 aliphatic carbocycles. The number of carbonyl (C=O) groups excluding carboxylic acids is 2. The summed E-state index contributed by atoms with van der Waals surface area (Å²) in [6.07, 6.45) is -4.85. The maximum absolute atomic E-state index is 13.3. The number of ether oxygens (including phenoxy) is 2. The van der Waals surface area contributed by atoms with Crippen molar-refractivity contribution in [3.8, 4) is 11.5 Å². The zero-order valence-corrected chi connectivity index (χ0v) is 20.7. The highest BCUT2D eigenvalue weighted by molar-refractivity contribution is 6.16. The first kappa shape index (κ1) is 26.8. The van der Waals surface area contributed by atoms with Crippen LogP contribution in [0.4, 0.5) is 23.7 Å². The number of halogens is 3. The maximum Gasteiger partial charge on any atom is 0.573 e. The van der Waals surface area contributed by atoms with Crippen LogP contribution in [0.2, 0.25) is 0 Å². The minimum atomic E-state index is -4.85. The third-order valence-corrected chi connectivity index (χ3v) is 5.81. The number of carbonyl (C=O) groups is 3. The predicted molar refractivity (Wildman–Crippen MR) is 124 cm³/mol. The average molecular weight is 508 g/mol. The summed E-state index contributed by atoms with van der Waals surface area (Å²) in [4.78, 5) is 40.2. The summed E-state index contributed by atoms with van der Waals surface area (Å²) in [7, 11) is 0. The van der Waals surface area contributed by atoms with E-state index in [2.05, 4.69) is 4.74 Å². The van der Waals surface area contributed by atoms with E-state index in [9.17, 15) is 32.7 Å². The molecule has 0 atom stereocenters. The number of carboxylic acids is 1. The highest BCUT2D eigenvalue weighted by atomic mass is 19.4. The fourth-order valence-electron chi connectivity index (χ4n) is 4.02. The number of carboxylic acid groups (broad SMARTS) is 1. The number of aliphatic carboxylic acids is 1. The molecule has 1 aliphatic rings. The molecule has 2 aromatic rings. The average Bonchev–Trinajstić information content (AvgIpc) is 2.89. The van der Waals surface area contributed by atoms with E-state index < -0.39 is 41.2 Å². The van der Waals surface area contributed by atoms with Gasteiger partial charge >= 0.3 is 18.4 Å². The second-order valence-corrected chi connectivity index (χ2v) is 9.59. The largest absolute Gasteiger partial charge is 0.573 e. The Labute approximate surface area is 206 Å². The molecule has 1 fully saturated rings. The van der Waals surface area contributed by atoms with Crippen molar-refractivity contribution in [3.63, 3.8) is 0 Å². The first-order chi connectivity index (χ1) is 16.4. The number of benzene rings is 2. The summed E-state index contributed by atoms with van der Waals surface area (Å²) in [5.74, 6) is -1.66. The van der Waals surface area contributed by atoms with E-state index in [4.69, 9.17) is 4.74 Å². The quantitative estimate of drug-likeness (QED) is 0.517. The molecule has 0 saturated carbocycles. The van der Waals surface area contributed by atoms with Crippen LogP contribution < -0.4 is 14.4 Å². The standard InChI is InChI=1S/C25H27F3N2O6/c1-14-11-16(12-15(2)19(14)36-24(5,6)21(32)33)13-29-20(31)23(3,4)30(22(29)34)17-7-9-18(10-8-17)35-25(26,27)28/h7-12H,13H2,1-6H3,(H,32,33). The first-order valence-corrected chi connectivity index (χ1v) is 11.0. The number of nitrogens with zero attached hydrogens (tertiary/aromatic N) is 2. The summed E-state index contributed by atoms with van der Waals surface area (Å²) in [6.45, 7) is 9.38. The van der Waals surface area contributed by atoms with Crippen LogP contribution in [0.15, 0.2) is 36.4 Å². The molecule has 11 heteroatoms. The molecule has 1 aliphatic heterocycles. The van der Waals surface area contributed by atoms with Gasteiger partial charge in [0.05, 0.1) is 6.54 Å². The third kappa shape index (κ3) is 5.24. The number of rotatable bonds is 7. The van der Waals surface area contributed by atoms with E-state index in [0.29, 0.717) is 22.4 Å². The van der Waals surface area contributed by atoms with E-state index in [1.54, 1.807) is 39.8 Å². The molecular formula is C25H27F3N2O6. The van der Waals surface area contributed by atoms with Crippen molar-refractivity contribution in [2.24, 2.45) is 0 Å². The molecule has 3 rings (SSSR count). The van der Waals surface area contributed by atoms with Gasteiger partial charge < -0.3 is 14.6 Å². The van der Waals surface area contributed by atoms with Crippen molar-refractivity contribution in [3.05, 3.63) is 53.1 Å². The van der Waals surface area contributed by atoms with Gasteiger partial charge in [-0.2, -0.15) is 0 Å². The van der Waals surface area contributed by atoms with E-state index >= 15 is 0 Å². The smallest absolute Gasteiger partial charge is 0.478 e. The SMILES string of the molecule is Cc1cc(CN2C(=O)N(c3ccc(OC(F)(F)F)cc3)C(C)(C)C2=O)cc(C)c1OC(C)(C)C(=O)O. The lowest BCUT2D eigenvalue weighted by molar-refractivity contribution is -0.274. The lowest BCUT2D eigenvalue weighted by Gasteiger charge is -2.27. The molecule has 1 saturated heterocycles. The van der Waals surface area contributed by atoms with Gasteiger partial charge in [-0.25, -0.2) is 9.59 Å². The van der Waals surface area contributed by atoms with Crippen LogP contribution >= 0.6 is 0 Å². The summed E-state index contributed by atoms with van der Waals surface area (Å²) in [5.41, 5.74) is -0.614. The van der Waals surface area contributed by atoms with Gasteiger partial charge in [-0.05, 0) is 82.5 Å². The molecule has 194 valence electrons. The highest BCUT2D eigenvalue weighted by Gasteiger charge is 2.52. The van der Waals surface area contributed by atoms with E-state index in [-0.39, 0.29) is 12.2 Å². The number of alkyl halides is 3. The number of aryl methyl sites for hydroxylation is 2. The lowest BCUT2D eigenvalue weighted by atomic mass is 10.0. The Kier molecular flexibility index (Phi) is 6.73. The second-order valence-electron chi connectivity index (χ2n) is 9.59. The molecule has 1 N–H and O–H groups in total. The van der Waals surface area contributed by atoms with Crippen molar-refractivity contribution < 1.29 is 42.1 Å². The molecule has 0 radical (unpaired) electrons. The minimum absolute atomic E-state index is 0.0584. The van der Waals surface area contributed by atoms with Crippen molar-refractivity contribution in [2.45, 2.75) is 65.6 Å². The van der Waals surface area contributed by atoms with Crippen LogP contribution in [-0.4, -0.2) is 45.4 Å².